The van der Waals surface area contributed by atoms with E-state index in [0.29, 0.717) is 30.3 Å². The molecular formula is C14H15ClN4O2. The van der Waals surface area contributed by atoms with Crippen LogP contribution < -0.4 is 0 Å². The van der Waals surface area contributed by atoms with Gasteiger partial charge in [-0.3, -0.25) is 4.79 Å². The van der Waals surface area contributed by atoms with Crippen LogP contribution in [0.25, 0.3) is 0 Å². The van der Waals surface area contributed by atoms with E-state index < -0.39 is 0 Å². The maximum Gasteiger partial charge on any atom is 0.254 e. The summed E-state index contributed by atoms with van der Waals surface area (Å²) in [7, 11) is 1.86. The molecular weight excluding hydrogens is 292 g/mol. The quantitative estimate of drug-likeness (QED) is 0.847. The zero-order chi connectivity index (χ0) is 14.8. The Morgan fingerprint density at radius 2 is 2.14 bits per heavy atom. The standard InChI is InChI=1S/C14H15ClN4O2/c1-18-9-16-17-13(18)12-8-19(6-7-21-12)14(20)10-2-4-11(15)5-3-10/h2-5,9,12H,6-8H2,1H3. The third-order valence-corrected chi connectivity index (χ3v) is 3.73. The molecule has 0 aliphatic carbocycles. The lowest BCUT2D eigenvalue weighted by molar-refractivity contribution is -0.0281. The lowest BCUT2D eigenvalue weighted by Crippen LogP contribution is -2.42. The normalized spacial score (nSPS) is 18.8. The van der Waals surface area contributed by atoms with Crippen molar-refractivity contribution < 1.29 is 9.53 Å². The fourth-order valence-electron chi connectivity index (χ4n) is 2.35. The second kappa shape index (κ2) is 5.83. The van der Waals surface area contributed by atoms with E-state index in [1.165, 1.54) is 0 Å². The molecule has 6 nitrogen and oxygen atoms in total. The highest BCUT2D eigenvalue weighted by molar-refractivity contribution is 6.30. The van der Waals surface area contributed by atoms with E-state index >= 15 is 0 Å². The van der Waals surface area contributed by atoms with Gasteiger partial charge in [-0.05, 0) is 24.3 Å². The molecule has 0 bridgehead atoms. The van der Waals surface area contributed by atoms with Crippen LogP contribution in [0, 0.1) is 0 Å². The van der Waals surface area contributed by atoms with E-state index in [1.54, 1.807) is 40.1 Å². The third-order valence-electron chi connectivity index (χ3n) is 3.48. The molecule has 21 heavy (non-hydrogen) atoms. The molecule has 0 N–H and O–H groups in total. The lowest BCUT2D eigenvalue weighted by Gasteiger charge is -2.32. The molecule has 0 saturated carbocycles. The molecule has 1 unspecified atom stereocenters. The number of aryl methyl sites for hydroxylation is 1. The first-order valence-corrected chi connectivity index (χ1v) is 7.03. The molecule has 1 atom stereocenters. The van der Waals surface area contributed by atoms with Crippen molar-refractivity contribution in [1.82, 2.24) is 19.7 Å². The van der Waals surface area contributed by atoms with Crippen molar-refractivity contribution in [3.63, 3.8) is 0 Å². The van der Waals surface area contributed by atoms with Crippen LogP contribution in [0.4, 0.5) is 0 Å². The second-order valence-corrected chi connectivity index (χ2v) is 5.35. The SMILES string of the molecule is Cn1cnnc1C1CN(C(=O)c2ccc(Cl)cc2)CCO1. The van der Waals surface area contributed by atoms with Crippen molar-refractivity contribution in [1.29, 1.82) is 0 Å². The number of aromatic nitrogens is 3. The zero-order valence-corrected chi connectivity index (χ0v) is 12.3. The number of hydrogen-bond donors (Lipinski definition) is 0. The average molecular weight is 307 g/mol. The number of ether oxygens (including phenoxy) is 1. The van der Waals surface area contributed by atoms with Crippen LogP contribution in [-0.2, 0) is 11.8 Å². The number of carbonyl (C=O) groups excluding carboxylic acids is 1. The summed E-state index contributed by atoms with van der Waals surface area (Å²) in [6.07, 6.45) is 1.38. The smallest absolute Gasteiger partial charge is 0.254 e. The molecule has 3 rings (SSSR count). The molecule has 1 aromatic heterocycles. The number of benzene rings is 1. The third kappa shape index (κ3) is 2.91. The first kappa shape index (κ1) is 14.0. The number of carbonyl (C=O) groups is 1. The Hall–Kier alpha value is -1.92. The summed E-state index contributed by atoms with van der Waals surface area (Å²) in [5.74, 6) is 0.700. The van der Waals surface area contributed by atoms with Crippen LogP contribution in [0.15, 0.2) is 30.6 Å². The Morgan fingerprint density at radius 3 is 2.81 bits per heavy atom. The van der Waals surface area contributed by atoms with Crippen LogP contribution in [0.2, 0.25) is 5.02 Å². The number of amides is 1. The minimum Gasteiger partial charge on any atom is -0.366 e. The first-order valence-electron chi connectivity index (χ1n) is 6.65. The van der Waals surface area contributed by atoms with Gasteiger partial charge in [0, 0.05) is 24.2 Å². The Kier molecular flexibility index (Phi) is 3.90. The van der Waals surface area contributed by atoms with Gasteiger partial charge in [0.1, 0.15) is 12.4 Å². The second-order valence-electron chi connectivity index (χ2n) is 4.92. The van der Waals surface area contributed by atoms with Crippen LogP contribution in [-0.4, -0.2) is 45.3 Å². The summed E-state index contributed by atoms with van der Waals surface area (Å²) < 4.78 is 7.51. The summed E-state index contributed by atoms with van der Waals surface area (Å²) in [6.45, 7) is 1.51. The molecule has 1 fully saturated rings. The fraction of sp³-hybridized carbons (Fsp3) is 0.357. The van der Waals surface area contributed by atoms with Gasteiger partial charge >= 0.3 is 0 Å². The van der Waals surface area contributed by atoms with Crippen LogP contribution in [0.1, 0.15) is 22.3 Å². The molecule has 2 aromatic rings. The van der Waals surface area contributed by atoms with E-state index in [-0.39, 0.29) is 12.0 Å². The van der Waals surface area contributed by atoms with Gasteiger partial charge in [-0.1, -0.05) is 11.6 Å². The van der Waals surface area contributed by atoms with Crippen molar-refractivity contribution in [2.75, 3.05) is 19.7 Å². The van der Waals surface area contributed by atoms with Crippen LogP contribution in [0.5, 0.6) is 0 Å². The van der Waals surface area contributed by atoms with Gasteiger partial charge in [0.25, 0.3) is 5.91 Å². The Bertz CT molecular complexity index is 641. The van der Waals surface area contributed by atoms with E-state index in [1.807, 2.05) is 7.05 Å². The van der Waals surface area contributed by atoms with Gasteiger partial charge in [-0.25, -0.2) is 0 Å². The summed E-state index contributed by atoms with van der Waals surface area (Å²) in [4.78, 5) is 14.3. The molecule has 1 amide bonds. The van der Waals surface area contributed by atoms with E-state index in [0.717, 1.165) is 5.82 Å². The van der Waals surface area contributed by atoms with E-state index in [2.05, 4.69) is 10.2 Å². The number of hydrogen-bond acceptors (Lipinski definition) is 4. The summed E-state index contributed by atoms with van der Waals surface area (Å²) >= 11 is 5.85. The maximum absolute atomic E-state index is 12.5. The number of rotatable bonds is 2. The largest absolute Gasteiger partial charge is 0.366 e. The van der Waals surface area contributed by atoms with Gasteiger partial charge in [-0.2, -0.15) is 0 Å². The molecule has 0 radical (unpaired) electrons. The van der Waals surface area contributed by atoms with Gasteiger partial charge in [0.05, 0.1) is 13.2 Å². The van der Waals surface area contributed by atoms with E-state index in [4.69, 9.17) is 16.3 Å². The molecule has 0 spiro atoms. The van der Waals surface area contributed by atoms with Crippen LogP contribution in [0.3, 0.4) is 0 Å². The zero-order valence-electron chi connectivity index (χ0n) is 11.6. The number of halogens is 1. The summed E-state index contributed by atoms with van der Waals surface area (Å²) in [5.41, 5.74) is 0.623. The highest BCUT2D eigenvalue weighted by Crippen LogP contribution is 2.21. The average Bonchev–Trinajstić information content (AvgIpc) is 2.94. The molecule has 7 heteroatoms. The highest BCUT2D eigenvalue weighted by Gasteiger charge is 2.28. The monoisotopic (exact) mass is 306 g/mol. The van der Waals surface area contributed by atoms with Crippen molar-refractivity contribution in [3.8, 4) is 0 Å². The lowest BCUT2D eigenvalue weighted by atomic mass is 10.1. The van der Waals surface area contributed by atoms with Gasteiger partial charge in [0.15, 0.2) is 5.82 Å². The summed E-state index contributed by atoms with van der Waals surface area (Å²) in [5, 5.41) is 8.52. The van der Waals surface area contributed by atoms with Gasteiger partial charge < -0.3 is 14.2 Å². The molecule has 2 heterocycles. The van der Waals surface area contributed by atoms with Crippen molar-refractivity contribution in [2.24, 2.45) is 7.05 Å². The molecule has 1 aliphatic heterocycles. The highest BCUT2D eigenvalue weighted by atomic mass is 35.5. The minimum absolute atomic E-state index is 0.0258. The van der Waals surface area contributed by atoms with Crippen molar-refractivity contribution in [2.45, 2.75) is 6.10 Å². The van der Waals surface area contributed by atoms with Crippen LogP contribution >= 0.6 is 11.6 Å². The molecule has 1 aliphatic rings. The topological polar surface area (TPSA) is 60.2 Å². The number of morpholine rings is 1. The minimum atomic E-state index is -0.248. The molecule has 110 valence electrons. The number of nitrogens with zero attached hydrogens (tertiary/aromatic N) is 4. The predicted molar refractivity (Wildman–Crippen MR) is 77.1 cm³/mol. The summed E-state index contributed by atoms with van der Waals surface area (Å²) in [6, 6.07) is 6.90. The Balaban J connectivity index is 1.75. The Morgan fingerprint density at radius 1 is 1.38 bits per heavy atom. The fourth-order valence-corrected chi connectivity index (χ4v) is 2.47. The molecule has 1 saturated heterocycles. The first-order chi connectivity index (χ1) is 10.1. The maximum atomic E-state index is 12.5. The van der Waals surface area contributed by atoms with Gasteiger partial charge in [0.2, 0.25) is 0 Å². The van der Waals surface area contributed by atoms with Crippen molar-refractivity contribution >= 4 is 17.5 Å². The van der Waals surface area contributed by atoms with Crippen molar-refractivity contribution in [3.05, 3.63) is 47.0 Å². The Labute approximate surface area is 127 Å². The predicted octanol–water partition coefficient (Wildman–Crippen LogP) is 1.68. The van der Waals surface area contributed by atoms with E-state index in [9.17, 15) is 4.79 Å². The van der Waals surface area contributed by atoms with Gasteiger partial charge in [-0.15, -0.1) is 10.2 Å². The molecule has 1 aromatic carbocycles.